The van der Waals surface area contributed by atoms with Crippen LogP contribution in [-0.2, 0) is 6.42 Å². The average Bonchev–Trinajstić information content (AvgIpc) is 3.85. The van der Waals surface area contributed by atoms with E-state index in [1.807, 2.05) is 22.7 Å². The van der Waals surface area contributed by atoms with Gasteiger partial charge in [0.2, 0.25) is 0 Å². The first kappa shape index (κ1) is 28.2. The molecule has 0 radical (unpaired) electrons. The highest BCUT2D eigenvalue weighted by atomic mass is 32.1. The minimum atomic E-state index is 0.111. The summed E-state index contributed by atoms with van der Waals surface area (Å²) in [5, 5.41) is 9.20. The van der Waals surface area contributed by atoms with Crippen LogP contribution < -0.4 is 4.90 Å². The number of rotatable bonds is 4. The van der Waals surface area contributed by atoms with E-state index in [-0.39, 0.29) is 6.04 Å². The molecule has 1 atom stereocenters. The van der Waals surface area contributed by atoms with Crippen molar-refractivity contribution in [1.29, 1.82) is 0 Å². The van der Waals surface area contributed by atoms with Gasteiger partial charge in [-0.3, -0.25) is 0 Å². The van der Waals surface area contributed by atoms with Crippen LogP contribution >= 0.6 is 22.7 Å². The topological polar surface area (TPSA) is 8.17 Å². The predicted molar refractivity (Wildman–Crippen MR) is 218 cm³/mol. The summed E-state index contributed by atoms with van der Waals surface area (Å²) in [5.74, 6) is 0. The molecule has 0 N–H and O–H groups in total. The van der Waals surface area contributed by atoms with Crippen molar-refractivity contribution in [3.63, 3.8) is 0 Å². The molecule has 3 aromatic heterocycles. The number of fused-ring (bicyclic) bond motifs is 11. The Balaban J connectivity index is 1.24. The van der Waals surface area contributed by atoms with Crippen LogP contribution in [0.2, 0.25) is 0 Å². The Kier molecular flexibility index (Phi) is 6.15. The quantitative estimate of drug-likeness (QED) is 0.180. The first-order valence-electron chi connectivity index (χ1n) is 17.2. The Labute approximate surface area is 297 Å². The van der Waals surface area contributed by atoms with Gasteiger partial charge in [0.25, 0.3) is 0 Å². The van der Waals surface area contributed by atoms with E-state index < -0.39 is 0 Å². The molecular formula is C46H30N2S2. The fourth-order valence-corrected chi connectivity index (χ4v) is 10.7. The number of thiophene rings is 2. The lowest BCUT2D eigenvalue weighted by atomic mass is 9.93. The molecule has 3 heterocycles. The molecule has 2 nitrogen and oxygen atoms in total. The monoisotopic (exact) mass is 674 g/mol. The molecule has 7 aromatic carbocycles. The van der Waals surface area contributed by atoms with Crippen molar-refractivity contribution < 1.29 is 0 Å². The molecule has 50 heavy (non-hydrogen) atoms. The number of para-hydroxylation sites is 2. The van der Waals surface area contributed by atoms with Crippen LogP contribution in [0.15, 0.2) is 158 Å². The van der Waals surface area contributed by atoms with Gasteiger partial charge < -0.3 is 9.47 Å². The molecule has 0 spiro atoms. The second-order valence-electron chi connectivity index (χ2n) is 13.2. The van der Waals surface area contributed by atoms with Gasteiger partial charge in [0, 0.05) is 51.6 Å². The number of benzene rings is 7. The van der Waals surface area contributed by atoms with Crippen LogP contribution in [0.25, 0.3) is 74.6 Å². The molecule has 0 saturated heterocycles. The van der Waals surface area contributed by atoms with Gasteiger partial charge in [-0.15, -0.1) is 22.7 Å². The molecule has 1 unspecified atom stereocenters. The van der Waals surface area contributed by atoms with Gasteiger partial charge in [0.1, 0.15) is 0 Å². The van der Waals surface area contributed by atoms with E-state index in [4.69, 9.17) is 0 Å². The van der Waals surface area contributed by atoms with Gasteiger partial charge in [-0.1, -0.05) is 109 Å². The van der Waals surface area contributed by atoms with Gasteiger partial charge in [-0.05, 0) is 77.4 Å². The van der Waals surface area contributed by atoms with Crippen molar-refractivity contribution in [2.75, 3.05) is 4.90 Å². The largest absolute Gasteiger partial charge is 0.333 e. The molecule has 10 aromatic rings. The first-order valence-corrected chi connectivity index (χ1v) is 18.8. The second-order valence-corrected chi connectivity index (χ2v) is 15.4. The summed E-state index contributed by atoms with van der Waals surface area (Å²) in [6, 6.07) is 56.0. The highest BCUT2D eigenvalue weighted by Crippen LogP contribution is 2.49. The van der Waals surface area contributed by atoms with E-state index in [0.29, 0.717) is 0 Å². The Hall–Kier alpha value is -5.68. The van der Waals surface area contributed by atoms with Crippen molar-refractivity contribution in [3.05, 3.63) is 168 Å². The molecule has 0 saturated carbocycles. The summed E-state index contributed by atoms with van der Waals surface area (Å²) < 4.78 is 6.45. The molecule has 0 bridgehead atoms. The standard InChI is InChI=1S/C46H30N2S2/c1-2-13-29(14-3-1)47-37-20-9-6-18-34(37)46-38(47)21-12-22-39(46)48(30-25-26-43-36(27-30)32-16-7-10-23-41(32)49-43)40-28-44-45(33-17-5-4-15-31(33)40)35-19-8-11-24-42(35)50-44/h1-26,28,30H,27H2. The highest BCUT2D eigenvalue weighted by molar-refractivity contribution is 7.26. The molecule has 4 heteroatoms. The molecular weight excluding hydrogens is 645 g/mol. The molecule has 0 fully saturated rings. The normalized spacial score (nSPS) is 14.4. The van der Waals surface area contributed by atoms with Gasteiger partial charge in [0.05, 0.1) is 28.5 Å². The van der Waals surface area contributed by atoms with E-state index >= 15 is 0 Å². The van der Waals surface area contributed by atoms with Crippen LogP contribution in [0, 0.1) is 0 Å². The predicted octanol–water partition coefficient (Wildman–Crippen LogP) is 13.3. The number of nitrogens with zero attached hydrogens (tertiary/aromatic N) is 2. The Morgan fingerprint density at radius 1 is 0.500 bits per heavy atom. The van der Waals surface area contributed by atoms with Crippen LogP contribution in [0.3, 0.4) is 0 Å². The van der Waals surface area contributed by atoms with E-state index in [0.717, 1.165) is 6.42 Å². The number of hydrogen-bond donors (Lipinski definition) is 0. The Bertz CT molecular complexity index is 2980. The van der Waals surface area contributed by atoms with Crippen LogP contribution in [0.4, 0.5) is 11.4 Å². The van der Waals surface area contributed by atoms with E-state index in [1.165, 1.54) is 90.3 Å². The first-order chi connectivity index (χ1) is 24.8. The smallest absolute Gasteiger partial charge is 0.0567 e. The second kappa shape index (κ2) is 10.9. The molecule has 0 aliphatic heterocycles. The third-order valence-electron chi connectivity index (χ3n) is 10.5. The van der Waals surface area contributed by atoms with E-state index in [9.17, 15) is 0 Å². The van der Waals surface area contributed by atoms with Crippen molar-refractivity contribution in [2.45, 2.75) is 12.5 Å². The third kappa shape index (κ3) is 4.07. The third-order valence-corrected chi connectivity index (χ3v) is 12.8. The molecule has 0 amide bonds. The van der Waals surface area contributed by atoms with Gasteiger partial charge in [0.15, 0.2) is 0 Å². The summed E-state index contributed by atoms with van der Waals surface area (Å²) in [6.45, 7) is 0. The fourth-order valence-electron chi connectivity index (χ4n) is 8.43. The lowest BCUT2D eigenvalue weighted by molar-refractivity contribution is 0.778. The summed E-state index contributed by atoms with van der Waals surface area (Å²) >= 11 is 3.81. The van der Waals surface area contributed by atoms with Crippen LogP contribution in [0.5, 0.6) is 0 Å². The number of anilines is 2. The van der Waals surface area contributed by atoms with Crippen LogP contribution in [-0.4, -0.2) is 10.6 Å². The summed E-state index contributed by atoms with van der Waals surface area (Å²) in [5.41, 5.74) is 7.54. The van der Waals surface area contributed by atoms with E-state index in [2.05, 4.69) is 173 Å². The zero-order chi connectivity index (χ0) is 32.8. The lowest BCUT2D eigenvalue weighted by Crippen LogP contribution is -2.33. The molecule has 1 aliphatic rings. The maximum absolute atomic E-state index is 2.67. The van der Waals surface area contributed by atoms with Crippen molar-refractivity contribution >= 4 is 103 Å². The van der Waals surface area contributed by atoms with Crippen molar-refractivity contribution in [1.82, 2.24) is 4.57 Å². The van der Waals surface area contributed by atoms with Crippen molar-refractivity contribution in [2.24, 2.45) is 0 Å². The zero-order valence-corrected chi connectivity index (χ0v) is 28.7. The summed E-state index contributed by atoms with van der Waals surface area (Å²) in [4.78, 5) is 4.05. The maximum Gasteiger partial charge on any atom is 0.0567 e. The Morgan fingerprint density at radius 3 is 2.00 bits per heavy atom. The van der Waals surface area contributed by atoms with Gasteiger partial charge in [-0.2, -0.15) is 0 Å². The summed E-state index contributed by atoms with van der Waals surface area (Å²) in [7, 11) is 0. The molecule has 1 aliphatic carbocycles. The van der Waals surface area contributed by atoms with E-state index in [1.54, 1.807) is 0 Å². The van der Waals surface area contributed by atoms with Gasteiger partial charge >= 0.3 is 0 Å². The average molecular weight is 675 g/mol. The van der Waals surface area contributed by atoms with Crippen LogP contribution in [0.1, 0.15) is 10.4 Å². The number of aromatic nitrogens is 1. The number of hydrogen-bond acceptors (Lipinski definition) is 3. The zero-order valence-electron chi connectivity index (χ0n) is 27.1. The van der Waals surface area contributed by atoms with Gasteiger partial charge in [-0.25, -0.2) is 0 Å². The molecule has 11 rings (SSSR count). The Morgan fingerprint density at radius 2 is 1.16 bits per heavy atom. The summed E-state index contributed by atoms with van der Waals surface area (Å²) in [6.07, 6.45) is 5.77. The maximum atomic E-state index is 2.67. The minimum Gasteiger partial charge on any atom is -0.333 e. The fraction of sp³-hybridized carbons (Fsp3) is 0.0435. The minimum absolute atomic E-state index is 0.111. The molecule has 236 valence electrons. The highest BCUT2D eigenvalue weighted by Gasteiger charge is 2.29. The lowest BCUT2D eigenvalue weighted by Gasteiger charge is -2.35. The SMILES string of the molecule is C1=CC(N(c2cc3sc4ccccc4c3c3ccccc23)c2cccc3c2c2ccccc2n3-c2ccccc2)Cc2c1sc1ccccc21. The van der Waals surface area contributed by atoms with Crippen molar-refractivity contribution in [3.8, 4) is 5.69 Å².